The molecule has 2 rings (SSSR count). The average molecular weight is 412 g/mol. The van der Waals surface area contributed by atoms with E-state index in [1.54, 1.807) is 16.2 Å². The number of thiophene rings is 1. The fourth-order valence-electron chi connectivity index (χ4n) is 2.91. The minimum Gasteiger partial charge on any atom is -0.378 e. The first kappa shape index (κ1) is 19.9. The third kappa shape index (κ3) is 3.36. The Balaban J connectivity index is 0.00000242. The lowest BCUT2D eigenvalue weighted by molar-refractivity contribution is -0.178. The molecule has 1 aliphatic rings. The van der Waals surface area contributed by atoms with E-state index in [0.717, 1.165) is 9.35 Å². The zero-order valence-electron chi connectivity index (χ0n) is 13.4. The van der Waals surface area contributed by atoms with Crippen LogP contribution in [0.4, 0.5) is 0 Å². The number of rotatable bonds is 5. The highest BCUT2D eigenvalue weighted by atomic mass is 79.9. The number of ether oxygens (including phenoxy) is 1. The number of likely N-dealkylation sites (N-methyl/N-ethyl adjacent to an activating group) is 1. The molecule has 2 atom stereocenters. The highest BCUT2D eigenvalue weighted by Crippen LogP contribution is 2.50. The molecule has 0 bridgehead atoms. The predicted molar refractivity (Wildman–Crippen MR) is 96.5 cm³/mol. The maximum atomic E-state index is 12.8. The first-order chi connectivity index (χ1) is 9.72. The Morgan fingerprint density at radius 2 is 2.23 bits per heavy atom. The number of hydrogen-bond acceptors (Lipinski definition) is 4. The van der Waals surface area contributed by atoms with Gasteiger partial charge in [0.1, 0.15) is 5.54 Å². The Morgan fingerprint density at radius 3 is 2.68 bits per heavy atom. The van der Waals surface area contributed by atoms with E-state index in [9.17, 15) is 4.79 Å². The summed E-state index contributed by atoms with van der Waals surface area (Å²) in [4.78, 5) is 14.5. The van der Waals surface area contributed by atoms with Gasteiger partial charge in [-0.1, -0.05) is 13.8 Å². The van der Waals surface area contributed by atoms with Crippen LogP contribution in [0.5, 0.6) is 0 Å². The van der Waals surface area contributed by atoms with E-state index in [1.165, 1.54) is 0 Å². The van der Waals surface area contributed by atoms with Gasteiger partial charge in [-0.05, 0) is 39.9 Å². The molecule has 1 aromatic heterocycles. The summed E-state index contributed by atoms with van der Waals surface area (Å²) in [6.45, 7) is 7.23. The lowest BCUT2D eigenvalue weighted by atomic mass is 9.54. The summed E-state index contributed by atoms with van der Waals surface area (Å²) in [5.41, 5.74) is 6.36. The van der Waals surface area contributed by atoms with Gasteiger partial charge in [-0.3, -0.25) is 4.79 Å². The van der Waals surface area contributed by atoms with Crippen LogP contribution in [-0.2, 0) is 16.1 Å². The molecular formula is C15H24BrClN2O2S. The fraction of sp³-hybridized carbons (Fsp3) is 0.667. The van der Waals surface area contributed by atoms with Crippen LogP contribution in [0.3, 0.4) is 0 Å². The molecule has 22 heavy (non-hydrogen) atoms. The van der Waals surface area contributed by atoms with Crippen molar-refractivity contribution in [3.63, 3.8) is 0 Å². The van der Waals surface area contributed by atoms with Gasteiger partial charge < -0.3 is 15.4 Å². The fourth-order valence-corrected chi connectivity index (χ4v) is 4.11. The minimum atomic E-state index is -0.838. The van der Waals surface area contributed by atoms with Gasteiger partial charge >= 0.3 is 0 Å². The van der Waals surface area contributed by atoms with Crippen molar-refractivity contribution in [3.05, 3.63) is 20.8 Å². The summed E-state index contributed by atoms with van der Waals surface area (Å²) >= 11 is 5.06. The van der Waals surface area contributed by atoms with Crippen molar-refractivity contribution in [1.82, 2.24) is 4.90 Å². The predicted octanol–water partition coefficient (Wildman–Crippen LogP) is 3.42. The van der Waals surface area contributed by atoms with E-state index in [2.05, 4.69) is 15.9 Å². The molecule has 1 aromatic rings. The second kappa shape index (κ2) is 7.18. The number of carbonyl (C=O) groups is 1. The zero-order chi connectivity index (χ0) is 15.8. The van der Waals surface area contributed by atoms with Gasteiger partial charge in [-0.2, -0.15) is 0 Å². The standard InChI is InChI=1S/C15H23BrN2O2S.ClH/c1-5-20-11-7-15(17,14(11,2)3)13(19)18(4)8-10-6-12(16)21-9-10;/h6,9,11H,5,7-8,17H2,1-4H3;1H. The molecule has 7 heteroatoms. The Kier molecular flexibility index (Phi) is 6.49. The molecule has 1 fully saturated rings. The topological polar surface area (TPSA) is 55.6 Å². The molecule has 1 aliphatic carbocycles. The summed E-state index contributed by atoms with van der Waals surface area (Å²) in [6, 6.07) is 2.03. The summed E-state index contributed by atoms with van der Waals surface area (Å²) in [6.07, 6.45) is 0.643. The van der Waals surface area contributed by atoms with E-state index >= 15 is 0 Å². The average Bonchev–Trinajstić information content (AvgIpc) is 2.82. The molecule has 126 valence electrons. The smallest absolute Gasteiger partial charge is 0.243 e. The van der Waals surface area contributed by atoms with E-state index in [4.69, 9.17) is 10.5 Å². The van der Waals surface area contributed by atoms with E-state index in [0.29, 0.717) is 19.6 Å². The van der Waals surface area contributed by atoms with Crippen molar-refractivity contribution in [2.75, 3.05) is 13.7 Å². The third-order valence-electron chi connectivity index (χ3n) is 4.60. The highest BCUT2D eigenvalue weighted by molar-refractivity contribution is 9.11. The third-order valence-corrected chi connectivity index (χ3v) is 6.15. The SMILES string of the molecule is CCOC1CC(N)(C(=O)N(C)Cc2csc(Br)c2)C1(C)C.Cl. The van der Waals surface area contributed by atoms with E-state index in [1.807, 2.05) is 39.3 Å². The molecule has 1 amide bonds. The van der Waals surface area contributed by atoms with Gasteiger partial charge in [0.25, 0.3) is 0 Å². The second-order valence-electron chi connectivity index (χ2n) is 6.26. The van der Waals surface area contributed by atoms with Gasteiger partial charge in [-0.15, -0.1) is 23.7 Å². The van der Waals surface area contributed by atoms with Gasteiger partial charge in [0.2, 0.25) is 5.91 Å². The van der Waals surface area contributed by atoms with Crippen molar-refractivity contribution in [3.8, 4) is 0 Å². The maximum Gasteiger partial charge on any atom is 0.243 e. The van der Waals surface area contributed by atoms with Gasteiger partial charge in [0.05, 0.1) is 9.89 Å². The Labute approximate surface area is 150 Å². The van der Waals surface area contributed by atoms with Crippen molar-refractivity contribution >= 4 is 45.6 Å². The number of hydrogen-bond donors (Lipinski definition) is 1. The monoisotopic (exact) mass is 410 g/mol. The molecule has 4 nitrogen and oxygen atoms in total. The van der Waals surface area contributed by atoms with Crippen LogP contribution in [0.15, 0.2) is 15.2 Å². The normalized spacial score (nSPS) is 26.0. The van der Waals surface area contributed by atoms with Crippen molar-refractivity contribution in [2.24, 2.45) is 11.1 Å². The van der Waals surface area contributed by atoms with Crippen LogP contribution >= 0.6 is 39.7 Å². The molecule has 2 unspecified atom stereocenters. The molecule has 2 N–H and O–H groups in total. The lowest BCUT2D eigenvalue weighted by Crippen LogP contribution is -2.75. The van der Waals surface area contributed by atoms with Crippen LogP contribution in [0.25, 0.3) is 0 Å². The first-order valence-electron chi connectivity index (χ1n) is 7.11. The molecular weight excluding hydrogens is 388 g/mol. The highest BCUT2D eigenvalue weighted by Gasteiger charge is 2.63. The Bertz CT molecular complexity index is 537. The van der Waals surface area contributed by atoms with Crippen LogP contribution in [0.1, 0.15) is 32.8 Å². The van der Waals surface area contributed by atoms with Crippen molar-refractivity contribution in [2.45, 2.75) is 45.4 Å². The number of nitrogens with zero attached hydrogens (tertiary/aromatic N) is 1. The number of carbonyl (C=O) groups excluding carboxylic acids is 1. The number of nitrogens with two attached hydrogens (primary N) is 1. The zero-order valence-corrected chi connectivity index (χ0v) is 16.6. The quantitative estimate of drug-likeness (QED) is 0.807. The Morgan fingerprint density at radius 1 is 1.59 bits per heavy atom. The van der Waals surface area contributed by atoms with Crippen LogP contribution < -0.4 is 5.73 Å². The minimum absolute atomic E-state index is 0. The molecule has 1 heterocycles. The molecule has 0 spiro atoms. The van der Waals surface area contributed by atoms with Gasteiger partial charge in [0.15, 0.2) is 0 Å². The van der Waals surface area contributed by atoms with Crippen molar-refractivity contribution in [1.29, 1.82) is 0 Å². The van der Waals surface area contributed by atoms with Crippen LogP contribution in [0.2, 0.25) is 0 Å². The largest absolute Gasteiger partial charge is 0.378 e. The summed E-state index contributed by atoms with van der Waals surface area (Å²) in [5.74, 6) is -0.00854. The Hall–Kier alpha value is -0.140. The summed E-state index contributed by atoms with van der Waals surface area (Å²) in [5, 5.41) is 2.05. The van der Waals surface area contributed by atoms with Crippen molar-refractivity contribution < 1.29 is 9.53 Å². The van der Waals surface area contributed by atoms with E-state index < -0.39 is 5.54 Å². The second-order valence-corrected chi connectivity index (χ2v) is 8.55. The number of amides is 1. The first-order valence-corrected chi connectivity index (χ1v) is 8.78. The molecule has 0 saturated heterocycles. The molecule has 0 aliphatic heterocycles. The van der Waals surface area contributed by atoms with Gasteiger partial charge in [0, 0.05) is 32.0 Å². The molecule has 0 aromatic carbocycles. The lowest BCUT2D eigenvalue weighted by Gasteiger charge is -2.58. The maximum absolute atomic E-state index is 12.8. The van der Waals surface area contributed by atoms with Crippen LogP contribution in [-0.4, -0.2) is 36.1 Å². The van der Waals surface area contributed by atoms with E-state index in [-0.39, 0.29) is 29.8 Å². The molecule has 1 saturated carbocycles. The summed E-state index contributed by atoms with van der Waals surface area (Å²) < 4.78 is 6.76. The summed E-state index contributed by atoms with van der Waals surface area (Å²) in [7, 11) is 1.81. The van der Waals surface area contributed by atoms with Gasteiger partial charge in [-0.25, -0.2) is 0 Å². The molecule has 0 radical (unpaired) electrons. The number of halogens is 2. The van der Waals surface area contributed by atoms with Crippen LogP contribution in [0, 0.1) is 5.41 Å².